The third kappa shape index (κ3) is 2.95. The molecular weight excluding hydrogens is 345 g/mol. The standard InChI is InChI=1S/C16H18FN5O4/c1-4-16(6-25-14(24)8(2)3)9(23)5-10(26-16)22-7-19-11-12(18)20-15(17)21-13(11)22/h1,7-10,23H,5-6H2,2-3H3,(H2,18,20,21)/t9-,10+,16+/m0/s1. The largest absolute Gasteiger partial charge is 0.461 e. The van der Waals surface area contributed by atoms with Crippen molar-refractivity contribution in [2.75, 3.05) is 12.3 Å². The quantitative estimate of drug-likeness (QED) is 0.454. The van der Waals surface area contributed by atoms with Gasteiger partial charge in [-0.15, -0.1) is 6.42 Å². The number of anilines is 1. The molecule has 2 aromatic rings. The zero-order chi connectivity index (χ0) is 19.1. The van der Waals surface area contributed by atoms with Crippen molar-refractivity contribution in [1.82, 2.24) is 19.5 Å². The smallest absolute Gasteiger partial charge is 0.312 e. The molecule has 1 aliphatic heterocycles. The molecule has 0 spiro atoms. The summed E-state index contributed by atoms with van der Waals surface area (Å²) in [6.45, 7) is 3.04. The number of aliphatic hydroxyl groups is 1. The lowest BCUT2D eigenvalue weighted by atomic mass is 9.99. The maximum absolute atomic E-state index is 13.5. The van der Waals surface area contributed by atoms with Gasteiger partial charge in [-0.25, -0.2) is 4.98 Å². The van der Waals surface area contributed by atoms with Crippen LogP contribution in [0.15, 0.2) is 6.33 Å². The lowest BCUT2D eigenvalue weighted by Crippen LogP contribution is -2.43. The van der Waals surface area contributed by atoms with Crippen molar-refractivity contribution in [3.63, 3.8) is 0 Å². The number of halogens is 1. The SMILES string of the molecule is C#C[C@]1(COC(=O)C(C)C)O[C@@H](n2cnc3c(N)nc(F)nc32)C[C@@H]1O. The number of nitrogens with two attached hydrogens (primary N) is 1. The van der Waals surface area contributed by atoms with E-state index in [4.69, 9.17) is 21.6 Å². The molecule has 0 amide bonds. The molecule has 0 aromatic carbocycles. The van der Waals surface area contributed by atoms with Crippen LogP contribution < -0.4 is 5.73 Å². The Hall–Kier alpha value is -2.77. The number of hydrogen-bond donors (Lipinski definition) is 2. The van der Waals surface area contributed by atoms with Crippen LogP contribution in [-0.4, -0.2) is 48.9 Å². The highest BCUT2D eigenvalue weighted by Crippen LogP contribution is 2.38. The van der Waals surface area contributed by atoms with Gasteiger partial charge in [0.05, 0.1) is 12.2 Å². The van der Waals surface area contributed by atoms with Gasteiger partial charge in [-0.2, -0.15) is 14.4 Å². The predicted octanol–water partition coefficient (Wildman–Crippen LogP) is 0.399. The first-order chi connectivity index (χ1) is 12.3. The highest BCUT2D eigenvalue weighted by molar-refractivity contribution is 5.81. The van der Waals surface area contributed by atoms with Gasteiger partial charge in [0.2, 0.25) is 0 Å². The molecule has 10 heteroatoms. The number of carbonyl (C=O) groups excluding carboxylic acids is 1. The van der Waals surface area contributed by atoms with Gasteiger partial charge in [-0.3, -0.25) is 9.36 Å². The summed E-state index contributed by atoms with van der Waals surface area (Å²) in [5.74, 6) is 1.45. The number of aromatic nitrogens is 4. The minimum Gasteiger partial charge on any atom is -0.461 e. The van der Waals surface area contributed by atoms with Crippen LogP contribution in [0.1, 0.15) is 26.5 Å². The molecule has 1 saturated heterocycles. The van der Waals surface area contributed by atoms with E-state index in [2.05, 4.69) is 20.9 Å². The Balaban J connectivity index is 1.88. The summed E-state index contributed by atoms with van der Waals surface area (Å²) in [5, 5.41) is 10.4. The summed E-state index contributed by atoms with van der Waals surface area (Å²) in [6.07, 6.45) is 4.04. The predicted molar refractivity (Wildman–Crippen MR) is 87.8 cm³/mol. The number of hydrogen-bond acceptors (Lipinski definition) is 8. The molecule has 0 saturated carbocycles. The van der Waals surface area contributed by atoms with Crippen molar-refractivity contribution in [3.8, 4) is 12.3 Å². The number of fused-ring (bicyclic) bond motifs is 1. The van der Waals surface area contributed by atoms with Gasteiger partial charge < -0.3 is 20.3 Å². The van der Waals surface area contributed by atoms with Crippen LogP contribution in [0.3, 0.4) is 0 Å². The highest BCUT2D eigenvalue weighted by Gasteiger charge is 2.49. The van der Waals surface area contributed by atoms with E-state index in [1.54, 1.807) is 13.8 Å². The van der Waals surface area contributed by atoms with Crippen LogP contribution in [0.2, 0.25) is 0 Å². The van der Waals surface area contributed by atoms with E-state index in [1.165, 1.54) is 10.9 Å². The van der Waals surface area contributed by atoms with Gasteiger partial charge in [0.25, 0.3) is 0 Å². The molecule has 0 bridgehead atoms. The first-order valence-corrected chi connectivity index (χ1v) is 7.93. The summed E-state index contributed by atoms with van der Waals surface area (Å²) in [7, 11) is 0. The molecule has 0 radical (unpaired) electrons. The van der Waals surface area contributed by atoms with Gasteiger partial charge in [-0.1, -0.05) is 19.8 Å². The summed E-state index contributed by atoms with van der Waals surface area (Å²) >= 11 is 0. The van der Waals surface area contributed by atoms with Crippen molar-refractivity contribution in [3.05, 3.63) is 12.4 Å². The number of carbonyl (C=O) groups is 1. The number of aliphatic hydroxyl groups excluding tert-OH is 1. The number of nitrogens with zero attached hydrogens (tertiary/aromatic N) is 4. The number of nitrogen functional groups attached to an aromatic ring is 1. The number of rotatable bonds is 4. The minimum absolute atomic E-state index is 0.0699. The second-order valence-electron chi connectivity index (χ2n) is 6.32. The summed E-state index contributed by atoms with van der Waals surface area (Å²) in [4.78, 5) is 22.8. The van der Waals surface area contributed by atoms with E-state index in [-0.39, 0.29) is 35.9 Å². The summed E-state index contributed by atoms with van der Waals surface area (Å²) in [5.41, 5.74) is 4.43. The molecule has 3 N–H and O–H groups in total. The fourth-order valence-corrected chi connectivity index (χ4v) is 2.69. The Bertz CT molecular complexity index is 893. The van der Waals surface area contributed by atoms with Gasteiger partial charge in [0.15, 0.2) is 22.6 Å². The molecule has 1 aliphatic rings. The lowest BCUT2D eigenvalue weighted by Gasteiger charge is -2.26. The Morgan fingerprint density at radius 2 is 2.38 bits per heavy atom. The maximum atomic E-state index is 13.5. The van der Waals surface area contributed by atoms with Crippen LogP contribution in [0, 0.1) is 24.3 Å². The molecule has 2 aromatic heterocycles. The highest BCUT2D eigenvalue weighted by atomic mass is 19.1. The van der Waals surface area contributed by atoms with Gasteiger partial charge in [-0.05, 0) is 0 Å². The number of terminal acetylenes is 1. The third-order valence-electron chi connectivity index (χ3n) is 4.19. The average molecular weight is 363 g/mol. The molecule has 3 atom stereocenters. The second kappa shape index (κ2) is 6.51. The van der Waals surface area contributed by atoms with E-state index in [0.29, 0.717) is 0 Å². The number of imidazole rings is 1. The molecule has 1 fully saturated rings. The fourth-order valence-electron chi connectivity index (χ4n) is 2.69. The van der Waals surface area contributed by atoms with Crippen LogP contribution in [0.25, 0.3) is 11.2 Å². The molecule has 9 nitrogen and oxygen atoms in total. The molecule has 26 heavy (non-hydrogen) atoms. The van der Waals surface area contributed by atoms with E-state index in [1.807, 2.05) is 0 Å². The zero-order valence-electron chi connectivity index (χ0n) is 14.2. The van der Waals surface area contributed by atoms with Crippen molar-refractivity contribution in [2.45, 2.75) is 38.2 Å². The fraction of sp³-hybridized carbons (Fsp3) is 0.500. The molecule has 3 rings (SSSR count). The van der Waals surface area contributed by atoms with Crippen LogP contribution >= 0.6 is 0 Å². The van der Waals surface area contributed by atoms with Crippen LogP contribution in [0.5, 0.6) is 0 Å². The number of esters is 1. The summed E-state index contributed by atoms with van der Waals surface area (Å²) < 4.78 is 25.9. The van der Waals surface area contributed by atoms with E-state index < -0.39 is 30.0 Å². The normalized spacial score (nSPS) is 25.5. The molecule has 3 heterocycles. The monoisotopic (exact) mass is 363 g/mol. The van der Waals surface area contributed by atoms with Crippen LogP contribution in [-0.2, 0) is 14.3 Å². The first kappa shape index (κ1) is 18.0. The maximum Gasteiger partial charge on any atom is 0.312 e. The van der Waals surface area contributed by atoms with Crippen LogP contribution in [0.4, 0.5) is 10.2 Å². The molecule has 0 unspecified atom stereocenters. The Morgan fingerprint density at radius 3 is 3.04 bits per heavy atom. The van der Waals surface area contributed by atoms with Gasteiger partial charge in [0.1, 0.15) is 18.9 Å². The Kier molecular flexibility index (Phi) is 4.52. The van der Waals surface area contributed by atoms with Crippen molar-refractivity contribution >= 4 is 23.0 Å². The molecular formula is C16H18FN5O4. The molecule has 0 aliphatic carbocycles. The number of ether oxygens (including phenoxy) is 2. The average Bonchev–Trinajstić information content (AvgIpc) is 3.14. The van der Waals surface area contributed by atoms with E-state index in [0.717, 1.165) is 0 Å². The van der Waals surface area contributed by atoms with Crippen molar-refractivity contribution in [1.29, 1.82) is 0 Å². The van der Waals surface area contributed by atoms with E-state index >= 15 is 0 Å². The van der Waals surface area contributed by atoms with Gasteiger partial charge in [0, 0.05) is 6.42 Å². The van der Waals surface area contributed by atoms with E-state index in [9.17, 15) is 14.3 Å². The van der Waals surface area contributed by atoms with Crippen molar-refractivity contribution < 1.29 is 23.8 Å². The third-order valence-corrected chi connectivity index (χ3v) is 4.19. The molecule has 138 valence electrons. The summed E-state index contributed by atoms with van der Waals surface area (Å²) in [6, 6.07) is 0. The zero-order valence-corrected chi connectivity index (χ0v) is 14.2. The van der Waals surface area contributed by atoms with Gasteiger partial charge >= 0.3 is 12.0 Å². The Labute approximate surface area is 148 Å². The first-order valence-electron chi connectivity index (χ1n) is 7.93. The minimum atomic E-state index is -1.52. The topological polar surface area (TPSA) is 125 Å². The van der Waals surface area contributed by atoms with Crippen molar-refractivity contribution in [2.24, 2.45) is 5.92 Å². The Morgan fingerprint density at radius 1 is 1.65 bits per heavy atom. The lowest BCUT2D eigenvalue weighted by molar-refractivity contribution is -0.159. The second-order valence-corrected chi connectivity index (χ2v) is 6.32.